The van der Waals surface area contributed by atoms with E-state index in [9.17, 15) is 9.50 Å². The van der Waals surface area contributed by atoms with Crippen LogP contribution in [0.5, 0.6) is 0 Å². The number of nitrogens with one attached hydrogen (secondary N) is 2. The third-order valence-corrected chi connectivity index (χ3v) is 4.59. The fourth-order valence-electron chi connectivity index (χ4n) is 3.65. The monoisotopic (exact) mass is 246 g/mol. The van der Waals surface area contributed by atoms with Crippen LogP contribution < -0.4 is 10.6 Å². The van der Waals surface area contributed by atoms with Crippen LogP contribution in [0.2, 0.25) is 0 Å². The molecule has 3 atom stereocenters. The summed E-state index contributed by atoms with van der Waals surface area (Å²) in [6, 6.07) is 5.17. The molecule has 3 N–H and O–H groups in total. The molecule has 1 saturated carbocycles. The lowest BCUT2D eigenvalue weighted by Crippen LogP contribution is -2.32. The van der Waals surface area contributed by atoms with E-state index in [1.54, 1.807) is 12.1 Å². The van der Waals surface area contributed by atoms with Gasteiger partial charge in [-0.15, -0.1) is 0 Å². The van der Waals surface area contributed by atoms with Crippen molar-refractivity contribution in [3.05, 3.63) is 47.0 Å². The molecule has 1 heterocycles. The normalized spacial score (nSPS) is 36.0. The number of hydrogen-bond donors (Lipinski definition) is 3. The van der Waals surface area contributed by atoms with Gasteiger partial charge < -0.3 is 15.7 Å². The summed E-state index contributed by atoms with van der Waals surface area (Å²) in [5, 5.41) is 15.3. The molecule has 94 valence electrons. The van der Waals surface area contributed by atoms with Crippen LogP contribution >= 0.6 is 0 Å². The van der Waals surface area contributed by atoms with Gasteiger partial charge in [0.25, 0.3) is 0 Å². The van der Waals surface area contributed by atoms with Crippen molar-refractivity contribution in [3.8, 4) is 0 Å². The Hall–Kier alpha value is -1.55. The smallest absolute Gasteiger partial charge is 0.202 e. The van der Waals surface area contributed by atoms with E-state index >= 15 is 0 Å². The fourth-order valence-corrected chi connectivity index (χ4v) is 3.65. The van der Waals surface area contributed by atoms with Crippen LogP contribution in [0, 0.1) is 11.7 Å². The number of aliphatic hydroxyl groups excluding tert-OH is 1. The number of allylic oxidation sites excluding steroid dienone is 1. The Balaban J connectivity index is 1.66. The molecule has 0 saturated heterocycles. The summed E-state index contributed by atoms with van der Waals surface area (Å²) in [6.07, 6.45) is 4.36. The number of benzene rings is 1. The van der Waals surface area contributed by atoms with Gasteiger partial charge in [-0.25, -0.2) is 4.39 Å². The van der Waals surface area contributed by atoms with Crippen molar-refractivity contribution < 1.29 is 9.50 Å². The predicted octanol–water partition coefficient (Wildman–Crippen LogP) is 1.34. The zero-order valence-corrected chi connectivity index (χ0v) is 9.91. The van der Waals surface area contributed by atoms with Crippen molar-refractivity contribution >= 4 is 0 Å². The van der Waals surface area contributed by atoms with Gasteiger partial charge in [0, 0.05) is 23.2 Å². The number of fused-ring (bicyclic) bond motifs is 2. The SMILES string of the molecule is OC1NC=C([C@@H]2CC23CCc2cc(F)ccc23)N1. The molecule has 4 heteroatoms. The summed E-state index contributed by atoms with van der Waals surface area (Å²) >= 11 is 0. The lowest BCUT2D eigenvalue weighted by molar-refractivity contribution is 0.139. The first-order chi connectivity index (χ1) is 8.69. The van der Waals surface area contributed by atoms with Crippen LogP contribution in [0.3, 0.4) is 0 Å². The third-order valence-electron chi connectivity index (χ3n) is 4.59. The first-order valence-corrected chi connectivity index (χ1v) is 6.39. The summed E-state index contributed by atoms with van der Waals surface area (Å²) in [5.74, 6) is 0.298. The molecule has 2 unspecified atom stereocenters. The van der Waals surface area contributed by atoms with E-state index in [-0.39, 0.29) is 11.2 Å². The number of aliphatic hydroxyl groups is 1. The molecule has 1 aromatic rings. The van der Waals surface area contributed by atoms with Crippen LogP contribution in [-0.2, 0) is 11.8 Å². The fraction of sp³-hybridized carbons (Fsp3) is 0.429. The summed E-state index contributed by atoms with van der Waals surface area (Å²) in [4.78, 5) is 0. The second kappa shape index (κ2) is 3.26. The molecule has 4 rings (SSSR count). The van der Waals surface area contributed by atoms with Crippen LogP contribution in [0.4, 0.5) is 4.39 Å². The first-order valence-electron chi connectivity index (χ1n) is 6.39. The van der Waals surface area contributed by atoms with E-state index in [0.717, 1.165) is 30.5 Å². The summed E-state index contributed by atoms with van der Waals surface area (Å²) in [5.41, 5.74) is 3.73. The van der Waals surface area contributed by atoms with Crippen molar-refractivity contribution in [2.45, 2.75) is 31.0 Å². The highest BCUT2D eigenvalue weighted by atomic mass is 19.1. The molecule has 0 bridgehead atoms. The molecular formula is C14H15FN2O. The van der Waals surface area contributed by atoms with E-state index in [0.29, 0.717) is 5.92 Å². The lowest BCUT2D eigenvalue weighted by Gasteiger charge is -2.13. The van der Waals surface area contributed by atoms with E-state index in [1.165, 1.54) is 5.56 Å². The molecule has 0 amide bonds. The number of hydrogen-bond acceptors (Lipinski definition) is 3. The highest BCUT2D eigenvalue weighted by Gasteiger charge is 2.60. The zero-order valence-electron chi connectivity index (χ0n) is 9.91. The van der Waals surface area contributed by atoms with E-state index < -0.39 is 6.35 Å². The highest BCUT2D eigenvalue weighted by Crippen LogP contribution is 2.63. The van der Waals surface area contributed by atoms with E-state index in [1.807, 2.05) is 12.3 Å². The van der Waals surface area contributed by atoms with Crippen LogP contribution in [0.1, 0.15) is 24.0 Å². The molecule has 3 aliphatic rings. The number of halogens is 1. The number of aryl methyl sites for hydroxylation is 1. The molecule has 1 fully saturated rings. The van der Waals surface area contributed by atoms with E-state index in [2.05, 4.69) is 10.6 Å². The third kappa shape index (κ3) is 1.27. The van der Waals surface area contributed by atoms with Gasteiger partial charge in [0.1, 0.15) is 5.82 Å². The minimum Gasteiger partial charge on any atom is -0.357 e. The Morgan fingerprint density at radius 1 is 1.39 bits per heavy atom. The van der Waals surface area contributed by atoms with Crippen molar-refractivity contribution in [2.75, 3.05) is 0 Å². The van der Waals surface area contributed by atoms with Gasteiger partial charge in [-0.1, -0.05) is 6.07 Å². The molecule has 1 aromatic carbocycles. The molecule has 0 aromatic heterocycles. The molecule has 2 aliphatic carbocycles. The second-order valence-electron chi connectivity index (χ2n) is 5.53. The number of rotatable bonds is 1. The van der Waals surface area contributed by atoms with Crippen molar-refractivity contribution in [1.82, 2.24) is 10.6 Å². The molecule has 1 spiro atoms. The molecule has 0 radical (unpaired) electrons. The summed E-state index contributed by atoms with van der Waals surface area (Å²) < 4.78 is 13.2. The summed E-state index contributed by atoms with van der Waals surface area (Å²) in [7, 11) is 0. The maximum atomic E-state index is 13.2. The standard InChI is InChI=1S/C14H15FN2O/c15-9-1-2-10-8(5-9)3-4-14(10)6-11(14)12-7-16-13(18)17-12/h1-2,5,7,11,13,16-18H,3-4,6H2/t11-,13?,14?/m0/s1. The second-order valence-corrected chi connectivity index (χ2v) is 5.53. The van der Waals surface area contributed by atoms with Crippen LogP contribution in [0.25, 0.3) is 0 Å². The molecule has 3 nitrogen and oxygen atoms in total. The maximum absolute atomic E-state index is 13.2. The highest BCUT2D eigenvalue weighted by molar-refractivity contribution is 5.48. The van der Waals surface area contributed by atoms with Gasteiger partial charge in [0.15, 0.2) is 0 Å². The predicted molar refractivity (Wildman–Crippen MR) is 64.9 cm³/mol. The maximum Gasteiger partial charge on any atom is 0.202 e. The largest absolute Gasteiger partial charge is 0.357 e. The average molecular weight is 246 g/mol. The van der Waals surface area contributed by atoms with Crippen molar-refractivity contribution in [2.24, 2.45) is 5.92 Å². The quantitative estimate of drug-likeness (QED) is 0.700. The van der Waals surface area contributed by atoms with Crippen LogP contribution in [0.15, 0.2) is 30.1 Å². The minimum atomic E-state index is -0.660. The minimum absolute atomic E-state index is 0.140. The Morgan fingerprint density at radius 3 is 3.06 bits per heavy atom. The van der Waals surface area contributed by atoms with E-state index in [4.69, 9.17) is 0 Å². The van der Waals surface area contributed by atoms with Gasteiger partial charge in [0.05, 0.1) is 0 Å². The molecule has 18 heavy (non-hydrogen) atoms. The van der Waals surface area contributed by atoms with Gasteiger partial charge in [-0.05, 0) is 42.5 Å². The van der Waals surface area contributed by atoms with Crippen molar-refractivity contribution in [3.63, 3.8) is 0 Å². The van der Waals surface area contributed by atoms with Gasteiger partial charge in [0.2, 0.25) is 6.35 Å². The molecule has 1 aliphatic heterocycles. The average Bonchev–Trinajstić information content (AvgIpc) is 2.72. The van der Waals surface area contributed by atoms with Crippen LogP contribution in [-0.4, -0.2) is 11.5 Å². The van der Waals surface area contributed by atoms with Gasteiger partial charge in [-0.2, -0.15) is 0 Å². The Bertz CT molecular complexity index is 557. The van der Waals surface area contributed by atoms with Gasteiger partial charge in [-0.3, -0.25) is 0 Å². The van der Waals surface area contributed by atoms with Crippen molar-refractivity contribution in [1.29, 1.82) is 0 Å². The summed E-state index contributed by atoms with van der Waals surface area (Å²) in [6.45, 7) is 0. The Kier molecular flexibility index (Phi) is 1.88. The van der Waals surface area contributed by atoms with Gasteiger partial charge >= 0.3 is 0 Å². The molecular weight excluding hydrogens is 231 g/mol. The Morgan fingerprint density at radius 2 is 2.28 bits per heavy atom. The Labute approximate surface area is 105 Å². The first kappa shape index (κ1) is 10.4. The topological polar surface area (TPSA) is 44.3 Å². The zero-order chi connectivity index (χ0) is 12.3. The lowest BCUT2D eigenvalue weighted by atomic mass is 9.94.